The van der Waals surface area contributed by atoms with Crippen molar-refractivity contribution < 1.29 is 9.47 Å². The van der Waals surface area contributed by atoms with Gasteiger partial charge in [-0.15, -0.1) is 0 Å². The van der Waals surface area contributed by atoms with Gasteiger partial charge in [0.25, 0.3) is 0 Å². The van der Waals surface area contributed by atoms with Crippen molar-refractivity contribution in [3.8, 4) is 11.5 Å². The summed E-state index contributed by atoms with van der Waals surface area (Å²) in [4.78, 5) is 4.30. The minimum absolute atomic E-state index is 0.621. The molecule has 2 aromatic rings. The monoisotopic (exact) mass is 401 g/mol. The summed E-state index contributed by atoms with van der Waals surface area (Å²) in [5.74, 6) is 2.42. The maximum Gasteiger partial charge on any atom is 0.190 e. The van der Waals surface area contributed by atoms with E-state index < -0.39 is 0 Å². The third kappa shape index (κ3) is 7.33. The molecule has 1 aromatic heterocycles. The zero-order valence-corrected chi connectivity index (χ0v) is 18.4. The van der Waals surface area contributed by atoms with E-state index in [1.807, 2.05) is 26.8 Å². The number of benzene rings is 1. The Morgan fingerprint density at radius 2 is 1.76 bits per heavy atom. The zero-order chi connectivity index (χ0) is 21.1. The summed E-state index contributed by atoms with van der Waals surface area (Å²) in [5.41, 5.74) is 3.46. The highest BCUT2D eigenvalue weighted by Crippen LogP contribution is 2.28. The molecule has 29 heavy (non-hydrogen) atoms. The molecule has 1 heterocycles. The highest BCUT2D eigenvalue weighted by atomic mass is 16.5. The molecule has 0 atom stereocenters. The summed E-state index contributed by atoms with van der Waals surface area (Å²) in [6.07, 6.45) is 1.86. The summed E-state index contributed by atoms with van der Waals surface area (Å²) >= 11 is 0. The second kappa shape index (κ2) is 12.0. The van der Waals surface area contributed by atoms with Crippen LogP contribution < -0.4 is 20.1 Å². The molecule has 0 aliphatic carbocycles. The Morgan fingerprint density at radius 1 is 1.03 bits per heavy atom. The van der Waals surface area contributed by atoms with Gasteiger partial charge in [0.2, 0.25) is 0 Å². The minimum Gasteiger partial charge on any atom is -0.490 e. The zero-order valence-electron chi connectivity index (χ0n) is 18.4. The van der Waals surface area contributed by atoms with E-state index in [0.29, 0.717) is 13.2 Å². The van der Waals surface area contributed by atoms with Crippen molar-refractivity contribution in [2.45, 2.75) is 47.1 Å². The SMILES string of the molecule is CCOc1ccc(CCNC(=NC)NCCCn2nc(C)cc2C)cc1OCC. The van der Waals surface area contributed by atoms with Gasteiger partial charge < -0.3 is 20.1 Å². The number of aliphatic imine (C=N–C) groups is 1. The van der Waals surface area contributed by atoms with Crippen LogP contribution in [0, 0.1) is 13.8 Å². The van der Waals surface area contributed by atoms with Gasteiger partial charge in [-0.2, -0.15) is 5.10 Å². The molecule has 0 radical (unpaired) electrons. The van der Waals surface area contributed by atoms with E-state index in [0.717, 1.165) is 55.6 Å². The average Bonchev–Trinajstić information content (AvgIpc) is 3.03. The molecule has 1 aromatic carbocycles. The summed E-state index contributed by atoms with van der Waals surface area (Å²) in [7, 11) is 1.79. The van der Waals surface area contributed by atoms with E-state index in [4.69, 9.17) is 9.47 Å². The first-order valence-corrected chi connectivity index (χ1v) is 10.4. The molecule has 7 nitrogen and oxygen atoms in total. The van der Waals surface area contributed by atoms with Gasteiger partial charge in [-0.1, -0.05) is 6.07 Å². The predicted octanol–water partition coefficient (Wildman–Crippen LogP) is 3.10. The molecule has 2 N–H and O–H groups in total. The number of aromatic nitrogens is 2. The molecule has 2 rings (SSSR count). The van der Waals surface area contributed by atoms with Crippen LogP contribution in [0.15, 0.2) is 29.3 Å². The molecule has 0 saturated carbocycles. The Morgan fingerprint density at radius 3 is 2.41 bits per heavy atom. The van der Waals surface area contributed by atoms with E-state index in [1.165, 1.54) is 11.3 Å². The van der Waals surface area contributed by atoms with Crippen molar-refractivity contribution in [2.75, 3.05) is 33.4 Å². The number of ether oxygens (including phenoxy) is 2. The first-order chi connectivity index (χ1) is 14.1. The number of aryl methyl sites for hydroxylation is 3. The summed E-state index contributed by atoms with van der Waals surface area (Å²) in [5, 5.41) is 11.2. The third-order valence-corrected chi connectivity index (χ3v) is 4.48. The van der Waals surface area contributed by atoms with Crippen molar-refractivity contribution >= 4 is 5.96 Å². The lowest BCUT2D eigenvalue weighted by molar-refractivity contribution is 0.287. The van der Waals surface area contributed by atoms with Crippen LogP contribution >= 0.6 is 0 Å². The van der Waals surface area contributed by atoms with Crippen LogP contribution in [0.1, 0.15) is 37.2 Å². The van der Waals surface area contributed by atoms with Crippen molar-refractivity contribution in [1.29, 1.82) is 0 Å². The number of nitrogens with one attached hydrogen (secondary N) is 2. The molecule has 160 valence electrons. The maximum atomic E-state index is 5.70. The summed E-state index contributed by atoms with van der Waals surface area (Å²) in [6, 6.07) is 8.22. The van der Waals surface area contributed by atoms with Crippen molar-refractivity contribution in [2.24, 2.45) is 4.99 Å². The van der Waals surface area contributed by atoms with Crippen molar-refractivity contribution in [1.82, 2.24) is 20.4 Å². The quantitative estimate of drug-likeness (QED) is 0.344. The summed E-state index contributed by atoms with van der Waals surface area (Å²) in [6.45, 7) is 11.8. The number of guanidine groups is 1. The van der Waals surface area contributed by atoms with Crippen LogP contribution in [-0.4, -0.2) is 49.1 Å². The van der Waals surface area contributed by atoms with E-state index in [2.05, 4.69) is 50.5 Å². The smallest absolute Gasteiger partial charge is 0.190 e. The first-order valence-electron chi connectivity index (χ1n) is 10.4. The molecular formula is C22H35N5O2. The molecule has 0 spiro atoms. The highest BCUT2D eigenvalue weighted by molar-refractivity contribution is 5.79. The standard InChI is InChI=1S/C22H35N5O2/c1-6-28-20-10-9-19(16-21(20)29-7-2)11-13-25-22(23-5)24-12-8-14-27-18(4)15-17(3)26-27/h9-10,15-16H,6-8,11-14H2,1-5H3,(H2,23,24,25). The Balaban J connectivity index is 1.75. The fourth-order valence-electron chi connectivity index (χ4n) is 3.13. The van der Waals surface area contributed by atoms with Gasteiger partial charge in [-0.25, -0.2) is 0 Å². The van der Waals surface area contributed by atoms with Gasteiger partial charge in [0.1, 0.15) is 0 Å². The topological polar surface area (TPSA) is 72.7 Å². The van der Waals surface area contributed by atoms with E-state index in [1.54, 1.807) is 7.05 Å². The molecular weight excluding hydrogens is 366 g/mol. The molecule has 0 amide bonds. The van der Waals surface area contributed by atoms with Gasteiger partial charge in [0.15, 0.2) is 17.5 Å². The average molecular weight is 402 g/mol. The van der Waals surface area contributed by atoms with E-state index in [9.17, 15) is 0 Å². The van der Waals surface area contributed by atoms with Crippen LogP contribution in [0.25, 0.3) is 0 Å². The number of hydrogen-bond donors (Lipinski definition) is 2. The number of nitrogens with zero attached hydrogens (tertiary/aromatic N) is 3. The Kier molecular flexibility index (Phi) is 9.34. The number of hydrogen-bond acceptors (Lipinski definition) is 4. The predicted molar refractivity (Wildman–Crippen MR) is 118 cm³/mol. The molecule has 0 aliphatic heterocycles. The second-order valence-electron chi connectivity index (χ2n) is 6.83. The maximum absolute atomic E-state index is 5.70. The fraction of sp³-hybridized carbons (Fsp3) is 0.545. The van der Waals surface area contributed by atoms with Gasteiger partial charge in [0.05, 0.1) is 18.9 Å². The third-order valence-electron chi connectivity index (χ3n) is 4.48. The van der Waals surface area contributed by atoms with Gasteiger partial charge in [0, 0.05) is 32.4 Å². The van der Waals surface area contributed by atoms with Gasteiger partial charge in [-0.3, -0.25) is 9.67 Å². The molecule has 0 fully saturated rings. The van der Waals surface area contributed by atoms with E-state index >= 15 is 0 Å². The van der Waals surface area contributed by atoms with Gasteiger partial charge in [-0.05, 0) is 64.3 Å². The van der Waals surface area contributed by atoms with Crippen molar-refractivity contribution in [3.63, 3.8) is 0 Å². The fourth-order valence-corrected chi connectivity index (χ4v) is 3.13. The molecule has 7 heteroatoms. The Hall–Kier alpha value is -2.70. The lowest BCUT2D eigenvalue weighted by atomic mass is 10.1. The lowest BCUT2D eigenvalue weighted by Crippen LogP contribution is -2.39. The minimum atomic E-state index is 0.621. The van der Waals surface area contributed by atoms with Gasteiger partial charge >= 0.3 is 0 Å². The van der Waals surface area contributed by atoms with Crippen molar-refractivity contribution in [3.05, 3.63) is 41.2 Å². The van der Waals surface area contributed by atoms with Crippen LogP contribution in [0.4, 0.5) is 0 Å². The second-order valence-corrected chi connectivity index (χ2v) is 6.83. The highest BCUT2D eigenvalue weighted by Gasteiger charge is 2.07. The largest absolute Gasteiger partial charge is 0.490 e. The van der Waals surface area contributed by atoms with Crippen LogP contribution in [0.5, 0.6) is 11.5 Å². The molecule has 0 saturated heterocycles. The normalized spacial score (nSPS) is 11.4. The van der Waals surface area contributed by atoms with E-state index in [-0.39, 0.29) is 0 Å². The Bertz CT molecular complexity index is 786. The Labute approximate surface area is 174 Å². The number of rotatable bonds is 11. The molecule has 0 unspecified atom stereocenters. The van der Waals surface area contributed by atoms with Crippen LogP contribution in [0.2, 0.25) is 0 Å². The van der Waals surface area contributed by atoms with Crippen LogP contribution in [-0.2, 0) is 13.0 Å². The summed E-state index contributed by atoms with van der Waals surface area (Å²) < 4.78 is 13.4. The van der Waals surface area contributed by atoms with Crippen LogP contribution in [0.3, 0.4) is 0 Å². The molecule has 0 bridgehead atoms. The lowest BCUT2D eigenvalue weighted by Gasteiger charge is -2.14. The first kappa shape index (κ1) is 22.6. The molecule has 0 aliphatic rings.